The fraction of sp³-hybridized carbons (Fsp3) is 0.133. The van der Waals surface area contributed by atoms with Gasteiger partial charge in [0.15, 0.2) is 6.61 Å². The van der Waals surface area contributed by atoms with Gasteiger partial charge in [0, 0.05) is 5.02 Å². The number of phenolic OH excluding ortho intramolecular Hbond substituents is 1. The Kier molecular flexibility index (Phi) is 3.60. The molecule has 0 bridgehead atoms. The van der Waals surface area contributed by atoms with Crippen LogP contribution in [0.4, 0.5) is 24.5 Å². The van der Waals surface area contributed by atoms with Gasteiger partial charge >= 0.3 is 6.18 Å². The number of hydrogen-bond donors (Lipinski definition) is 1. The summed E-state index contributed by atoms with van der Waals surface area (Å²) in [6, 6.07) is 6.85. The number of alkyl halides is 3. The van der Waals surface area contributed by atoms with Gasteiger partial charge in [-0.25, -0.2) is 0 Å². The summed E-state index contributed by atoms with van der Waals surface area (Å²) < 4.78 is 43.4. The van der Waals surface area contributed by atoms with Crippen molar-refractivity contribution in [1.29, 1.82) is 0 Å². The Labute approximate surface area is 133 Å². The standard InChI is InChI=1S/C15H9ClF3NO3/c16-9-2-4-12(21)11(6-9)20-10-3-1-8(15(17,18)19)5-13(10)23-7-14(20)22/h1-6,21H,7H2. The SMILES string of the molecule is O=C1COc2cc(C(F)(F)F)ccc2N1c1cc(Cl)ccc1O. The minimum Gasteiger partial charge on any atom is -0.506 e. The topological polar surface area (TPSA) is 49.8 Å². The first-order valence-electron chi connectivity index (χ1n) is 6.43. The van der Waals surface area contributed by atoms with Crippen molar-refractivity contribution in [2.45, 2.75) is 6.18 Å². The maximum atomic E-state index is 12.8. The average Bonchev–Trinajstić information content (AvgIpc) is 2.48. The van der Waals surface area contributed by atoms with E-state index in [1.807, 2.05) is 0 Å². The van der Waals surface area contributed by atoms with Crippen LogP contribution in [0.15, 0.2) is 36.4 Å². The molecule has 1 N–H and O–H groups in total. The molecule has 8 heteroatoms. The van der Waals surface area contributed by atoms with Crippen LogP contribution < -0.4 is 9.64 Å². The van der Waals surface area contributed by atoms with Crippen LogP contribution in [0.1, 0.15) is 5.56 Å². The number of carbonyl (C=O) groups excluding carboxylic acids is 1. The lowest BCUT2D eigenvalue weighted by atomic mass is 10.1. The zero-order valence-electron chi connectivity index (χ0n) is 11.4. The predicted octanol–water partition coefficient (Wildman–Crippen LogP) is 4.12. The monoisotopic (exact) mass is 343 g/mol. The summed E-state index contributed by atoms with van der Waals surface area (Å²) in [6.07, 6.45) is -4.52. The largest absolute Gasteiger partial charge is 0.506 e. The van der Waals surface area contributed by atoms with E-state index in [1.165, 1.54) is 18.2 Å². The van der Waals surface area contributed by atoms with Crippen LogP contribution in [0, 0.1) is 0 Å². The number of amides is 1. The van der Waals surface area contributed by atoms with E-state index >= 15 is 0 Å². The molecule has 0 radical (unpaired) electrons. The van der Waals surface area contributed by atoms with Gasteiger partial charge in [0.2, 0.25) is 0 Å². The van der Waals surface area contributed by atoms with Gasteiger partial charge in [0.05, 0.1) is 16.9 Å². The lowest BCUT2D eigenvalue weighted by Crippen LogP contribution is -2.35. The zero-order valence-corrected chi connectivity index (χ0v) is 12.1. The van der Waals surface area contributed by atoms with Crippen LogP contribution in [0.5, 0.6) is 11.5 Å². The molecule has 3 rings (SSSR count). The quantitative estimate of drug-likeness (QED) is 0.847. The van der Waals surface area contributed by atoms with E-state index in [9.17, 15) is 23.1 Å². The highest BCUT2D eigenvalue weighted by molar-refractivity contribution is 6.31. The van der Waals surface area contributed by atoms with Crippen LogP contribution >= 0.6 is 11.6 Å². The molecule has 0 unspecified atom stereocenters. The van der Waals surface area contributed by atoms with Crippen molar-refractivity contribution in [3.63, 3.8) is 0 Å². The number of benzene rings is 2. The Balaban J connectivity index is 2.14. The normalized spacial score (nSPS) is 14.4. The molecule has 2 aromatic rings. The van der Waals surface area contributed by atoms with Crippen LogP contribution in [0.2, 0.25) is 5.02 Å². The molecule has 120 valence electrons. The maximum absolute atomic E-state index is 12.8. The van der Waals surface area contributed by atoms with E-state index in [2.05, 4.69) is 0 Å². The summed E-state index contributed by atoms with van der Waals surface area (Å²) in [6.45, 7) is -0.444. The number of ether oxygens (including phenoxy) is 1. The summed E-state index contributed by atoms with van der Waals surface area (Å²) in [7, 11) is 0. The zero-order chi connectivity index (χ0) is 16.8. The molecule has 0 saturated carbocycles. The lowest BCUT2D eigenvalue weighted by molar-refractivity contribution is -0.137. The molecule has 0 atom stereocenters. The number of halogens is 4. The summed E-state index contributed by atoms with van der Waals surface area (Å²) in [5.74, 6) is -0.857. The van der Waals surface area contributed by atoms with Gasteiger partial charge in [-0.3, -0.25) is 9.69 Å². The van der Waals surface area contributed by atoms with Crippen molar-refractivity contribution in [2.24, 2.45) is 0 Å². The smallest absolute Gasteiger partial charge is 0.416 e. The highest BCUT2D eigenvalue weighted by atomic mass is 35.5. The lowest BCUT2D eigenvalue weighted by Gasteiger charge is -2.30. The van der Waals surface area contributed by atoms with Crippen molar-refractivity contribution in [3.05, 3.63) is 47.0 Å². The first-order chi connectivity index (χ1) is 10.8. The van der Waals surface area contributed by atoms with Gasteiger partial charge < -0.3 is 9.84 Å². The van der Waals surface area contributed by atoms with Crippen molar-refractivity contribution < 1.29 is 27.8 Å². The van der Waals surface area contributed by atoms with E-state index < -0.39 is 24.3 Å². The Morgan fingerprint density at radius 3 is 2.57 bits per heavy atom. The number of aromatic hydroxyl groups is 1. The average molecular weight is 344 g/mol. The minimum absolute atomic E-state index is 0.0757. The number of fused-ring (bicyclic) bond motifs is 1. The molecule has 0 spiro atoms. The molecule has 1 aliphatic rings. The number of hydrogen-bond acceptors (Lipinski definition) is 3. The summed E-state index contributed by atoms with van der Waals surface area (Å²) in [4.78, 5) is 13.2. The highest BCUT2D eigenvalue weighted by Gasteiger charge is 2.34. The van der Waals surface area contributed by atoms with Crippen molar-refractivity contribution in [3.8, 4) is 11.5 Å². The minimum atomic E-state index is -4.52. The molecule has 4 nitrogen and oxygen atoms in total. The first-order valence-corrected chi connectivity index (χ1v) is 6.80. The van der Waals surface area contributed by atoms with Gasteiger partial charge in [0.25, 0.3) is 5.91 Å². The summed E-state index contributed by atoms with van der Waals surface area (Å²) in [5, 5.41) is 10.2. The molecular weight excluding hydrogens is 335 g/mol. The second-order valence-corrected chi connectivity index (χ2v) is 5.27. The Morgan fingerprint density at radius 1 is 1.13 bits per heavy atom. The predicted molar refractivity (Wildman–Crippen MR) is 77.2 cm³/mol. The molecule has 1 heterocycles. The van der Waals surface area contributed by atoms with Gasteiger partial charge in [-0.05, 0) is 36.4 Å². The fourth-order valence-electron chi connectivity index (χ4n) is 2.27. The molecule has 1 aliphatic heterocycles. The third-order valence-electron chi connectivity index (χ3n) is 3.31. The fourth-order valence-corrected chi connectivity index (χ4v) is 2.44. The van der Waals surface area contributed by atoms with Crippen molar-refractivity contribution in [2.75, 3.05) is 11.5 Å². The molecule has 0 aliphatic carbocycles. The molecule has 0 saturated heterocycles. The van der Waals surface area contributed by atoms with Gasteiger partial charge in [-0.1, -0.05) is 11.6 Å². The Bertz CT molecular complexity index is 792. The van der Waals surface area contributed by atoms with Crippen molar-refractivity contribution >= 4 is 28.9 Å². The van der Waals surface area contributed by atoms with Gasteiger partial charge in [0.1, 0.15) is 11.5 Å². The third kappa shape index (κ3) is 2.79. The summed E-state index contributed by atoms with van der Waals surface area (Å²) >= 11 is 5.87. The molecule has 23 heavy (non-hydrogen) atoms. The molecule has 0 fully saturated rings. The van der Waals surface area contributed by atoms with Crippen LogP contribution in [0.3, 0.4) is 0 Å². The Morgan fingerprint density at radius 2 is 1.87 bits per heavy atom. The highest BCUT2D eigenvalue weighted by Crippen LogP contribution is 2.43. The number of rotatable bonds is 1. The number of anilines is 2. The van der Waals surface area contributed by atoms with E-state index in [0.29, 0.717) is 0 Å². The first kappa shape index (κ1) is 15.5. The number of phenols is 1. The van der Waals surface area contributed by atoms with Gasteiger partial charge in [-0.15, -0.1) is 0 Å². The van der Waals surface area contributed by atoms with Crippen molar-refractivity contribution in [1.82, 2.24) is 0 Å². The second-order valence-electron chi connectivity index (χ2n) is 4.83. The van der Waals surface area contributed by atoms with Gasteiger partial charge in [-0.2, -0.15) is 13.2 Å². The molecule has 1 amide bonds. The van der Waals surface area contributed by atoms with E-state index in [0.717, 1.165) is 23.1 Å². The molecular formula is C15H9ClF3NO3. The molecule has 0 aromatic heterocycles. The third-order valence-corrected chi connectivity index (χ3v) is 3.54. The summed E-state index contributed by atoms with van der Waals surface area (Å²) in [5.41, 5.74) is -0.709. The van der Waals surface area contributed by atoms with Crippen LogP contribution in [-0.4, -0.2) is 17.6 Å². The van der Waals surface area contributed by atoms with E-state index in [1.54, 1.807) is 0 Å². The van der Waals surface area contributed by atoms with Crippen LogP contribution in [-0.2, 0) is 11.0 Å². The van der Waals surface area contributed by atoms with E-state index in [-0.39, 0.29) is 27.9 Å². The number of carbonyl (C=O) groups is 1. The second kappa shape index (κ2) is 5.34. The number of nitrogens with zero attached hydrogens (tertiary/aromatic N) is 1. The maximum Gasteiger partial charge on any atom is 0.416 e. The molecule has 2 aromatic carbocycles. The van der Waals surface area contributed by atoms with E-state index in [4.69, 9.17) is 16.3 Å². The van der Waals surface area contributed by atoms with Crippen LogP contribution in [0.25, 0.3) is 0 Å². The Hall–Kier alpha value is -2.41.